The Bertz CT molecular complexity index is 1170. The maximum atomic E-state index is 13.1. The average Bonchev–Trinajstić information content (AvgIpc) is 3.01. The highest BCUT2D eigenvalue weighted by molar-refractivity contribution is 7.92. The van der Waals surface area contributed by atoms with Crippen molar-refractivity contribution in [2.45, 2.75) is 45.6 Å². The number of sulfonamides is 1. The highest BCUT2D eigenvalue weighted by atomic mass is 32.2. The first-order chi connectivity index (χ1) is 14.1. The molecule has 0 fully saturated rings. The SMILES string of the molecule is COc1ncc(NS(=O)(=O)c2cc(-c3sc(NC(C)C)nc3C)ccc2C)cc1C. The highest BCUT2D eigenvalue weighted by Crippen LogP contribution is 2.35. The Morgan fingerprint density at radius 2 is 1.83 bits per heavy atom. The number of hydrogen-bond acceptors (Lipinski definition) is 7. The fourth-order valence-electron chi connectivity index (χ4n) is 3.05. The van der Waals surface area contributed by atoms with Crippen LogP contribution in [0.1, 0.15) is 30.7 Å². The largest absolute Gasteiger partial charge is 0.481 e. The molecule has 0 aliphatic carbocycles. The quantitative estimate of drug-likeness (QED) is 0.543. The minimum absolute atomic E-state index is 0.222. The van der Waals surface area contributed by atoms with E-state index in [1.54, 1.807) is 19.1 Å². The number of thiazole rings is 1. The molecule has 0 saturated heterocycles. The molecule has 1 aromatic carbocycles. The number of rotatable bonds is 7. The van der Waals surface area contributed by atoms with Crippen molar-refractivity contribution in [2.75, 3.05) is 17.1 Å². The van der Waals surface area contributed by atoms with Gasteiger partial charge in [0, 0.05) is 11.6 Å². The van der Waals surface area contributed by atoms with Crippen molar-refractivity contribution in [1.29, 1.82) is 0 Å². The first kappa shape index (κ1) is 22.0. The van der Waals surface area contributed by atoms with Gasteiger partial charge in [-0.2, -0.15) is 0 Å². The van der Waals surface area contributed by atoms with Crippen LogP contribution in [-0.2, 0) is 10.0 Å². The average molecular weight is 447 g/mol. The van der Waals surface area contributed by atoms with Crippen LogP contribution in [0, 0.1) is 20.8 Å². The summed E-state index contributed by atoms with van der Waals surface area (Å²) < 4.78 is 34.0. The normalized spacial score (nSPS) is 11.6. The summed E-state index contributed by atoms with van der Waals surface area (Å²) in [7, 11) is -2.27. The van der Waals surface area contributed by atoms with Crippen LogP contribution < -0.4 is 14.8 Å². The van der Waals surface area contributed by atoms with Crippen molar-refractivity contribution in [3.8, 4) is 16.3 Å². The van der Waals surface area contributed by atoms with Gasteiger partial charge in [0.05, 0.1) is 34.5 Å². The van der Waals surface area contributed by atoms with Crippen molar-refractivity contribution in [3.05, 3.63) is 47.3 Å². The lowest BCUT2D eigenvalue weighted by atomic mass is 10.1. The van der Waals surface area contributed by atoms with Crippen LogP contribution in [0.4, 0.5) is 10.8 Å². The molecule has 0 atom stereocenters. The summed E-state index contributed by atoms with van der Waals surface area (Å²) in [5.74, 6) is 0.461. The molecule has 0 aliphatic heterocycles. The lowest BCUT2D eigenvalue weighted by molar-refractivity contribution is 0.395. The maximum absolute atomic E-state index is 13.1. The molecular formula is C21H26N4O3S2. The summed E-state index contributed by atoms with van der Waals surface area (Å²) in [6.45, 7) is 9.62. The van der Waals surface area contributed by atoms with E-state index in [4.69, 9.17) is 4.74 Å². The Labute approximate surface area is 181 Å². The van der Waals surface area contributed by atoms with Gasteiger partial charge < -0.3 is 10.1 Å². The van der Waals surface area contributed by atoms with Crippen LogP contribution in [0.3, 0.4) is 0 Å². The van der Waals surface area contributed by atoms with Crippen LogP contribution in [-0.4, -0.2) is 31.5 Å². The van der Waals surface area contributed by atoms with Gasteiger partial charge in [-0.1, -0.05) is 23.5 Å². The highest BCUT2D eigenvalue weighted by Gasteiger charge is 2.20. The number of anilines is 2. The van der Waals surface area contributed by atoms with Crippen LogP contribution in [0.5, 0.6) is 5.88 Å². The molecule has 0 spiro atoms. The lowest BCUT2D eigenvalue weighted by Gasteiger charge is -2.13. The molecule has 3 aromatic rings. The number of hydrogen-bond donors (Lipinski definition) is 2. The van der Waals surface area contributed by atoms with E-state index in [1.165, 1.54) is 24.6 Å². The summed E-state index contributed by atoms with van der Waals surface area (Å²) in [4.78, 5) is 9.86. The summed E-state index contributed by atoms with van der Waals surface area (Å²) in [5, 5.41) is 4.12. The van der Waals surface area contributed by atoms with Gasteiger partial charge in [-0.3, -0.25) is 4.72 Å². The van der Waals surface area contributed by atoms with Crippen molar-refractivity contribution in [3.63, 3.8) is 0 Å². The van der Waals surface area contributed by atoms with E-state index in [2.05, 4.69) is 20.0 Å². The Morgan fingerprint density at radius 3 is 2.47 bits per heavy atom. The molecule has 0 unspecified atom stereocenters. The zero-order valence-corrected chi connectivity index (χ0v) is 19.5. The lowest BCUT2D eigenvalue weighted by Crippen LogP contribution is -2.14. The van der Waals surface area contributed by atoms with E-state index in [0.29, 0.717) is 17.1 Å². The minimum atomic E-state index is -3.80. The van der Waals surface area contributed by atoms with Gasteiger partial charge in [-0.15, -0.1) is 0 Å². The van der Waals surface area contributed by atoms with Crippen molar-refractivity contribution >= 4 is 32.2 Å². The number of benzene rings is 1. The molecule has 9 heteroatoms. The van der Waals surface area contributed by atoms with Crippen molar-refractivity contribution in [2.24, 2.45) is 0 Å². The zero-order chi connectivity index (χ0) is 22.1. The standard InChI is InChI=1S/C21H26N4O3S2/c1-12(2)23-21-24-15(5)19(29-21)16-8-7-13(3)18(10-16)30(26,27)25-17-9-14(4)20(28-6)22-11-17/h7-12,25H,1-6H3,(H,23,24). The third kappa shape index (κ3) is 4.73. The second kappa shape index (κ2) is 8.61. The van der Waals surface area contributed by atoms with E-state index in [1.807, 2.05) is 39.8 Å². The number of methoxy groups -OCH3 is 1. The molecule has 2 aromatic heterocycles. The Hall–Kier alpha value is -2.65. The Kier molecular flexibility index (Phi) is 6.33. The first-order valence-electron chi connectivity index (χ1n) is 9.49. The molecule has 2 N–H and O–H groups in total. The summed E-state index contributed by atoms with van der Waals surface area (Å²) in [6.07, 6.45) is 1.44. The summed E-state index contributed by atoms with van der Waals surface area (Å²) in [6, 6.07) is 7.40. The van der Waals surface area contributed by atoms with Crippen LogP contribution in [0.25, 0.3) is 10.4 Å². The van der Waals surface area contributed by atoms with Gasteiger partial charge in [0.1, 0.15) is 0 Å². The predicted molar refractivity (Wildman–Crippen MR) is 122 cm³/mol. The van der Waals surface area contributed by atoms with E-state index < -0.39 is 10.0 Å². The smallest absolute Gasteiger partial charge is 0.262 e. The first-order valence-corrected chi connectivity index (χ1v) is 11.8. The number of nitrogens with zero attached hydrogens (tertiary/aromatic N) is 2. The number of nitrogens with one attached hydrogen (secondary N) is 2. The monoisotopic (exact) mass is 446 g/mol. The van der Waals surface area contributed by atoms with Crippen LogP contribution in [0.15, 0.2) is 35.4 Å². The molecule has 2 heterocycles. The van der Waals surface area contributed by atoms with E-state index >= 15 is 0 Å². The predicted octanol–water partition coefficient (Wildman–Crippen LogP) is 4.76. The second-order valence-electron chi connectivity index (χ2n) is 7.37. The molecule has 0 saturated carbocycles. The Morgan fingerprint density at radius 1 is 1.10 bits per heavy atom. The van der Waals surface area contributed by atoms with Gasteiger partial charge in [0.15, 0.2) is 5.13 Å². The maximum Gasteiger partial charge on any atom is 0.262 e. The summed E-state index contributed by atoms with van der Waals surface area (Å²) in [5.41, 5.74) is 3.46. The van der Waals surface area contributed by atoms with E-state index in [0.717, 1.165) is 26.8 Å². The van der Waals surface area contributed by atoms with Crippen molar-refractivity contribution < 1.29 is 13.2 Å². The molecule has 0 radical (unpaired) electrons. The third-order valence-electron chi connectivity index (χ3n) is 4.42. The number of pyridine rings is 1. The molecule has 7 nitrogen and oxygen atoms in total. The number of aromatic nitrogens is 2. The van der Waals surface area contributed by atoms with Gasteiger partial charge >= 0.3 is 0 Å². The van der Waals surface area contributed by atoms with Gasteiger partial charge in [-0.05, 0) is 57.9 Å². The van der Waals surface area contributed by atoms with Gasteiger partial charge in [0.2, 0.25) is 5.88 Å². The summed E-state index contributed by atoms with van der Waals surface area (Å²) >= 11 is 1.51. The fraction of sp³-hybridized carbons (Fsp3) is 0.333. The molecule has 0 amide bonds. The number of ether oxygens (including phenoxy) is 1. The zero-order valence-electron chi connectivity index (χ0n) is 17.9. The van der Waals surface area contributed by atoms with Gasteiger partial charge in [-0.25, -0.2) is 18.4 Å². The van der Waals surface area contributed by atoms with Crippen LogP contribution >= 0.6 is 11.3 Å². The minimum Gasteiger partial charge on any atom is -0.481 e. The molecule has 160 valence electrons. The molecule has 3 rings (SSSR count). The van der Waals surface area contributed by atoms with E-state index in [-0.39, 0.29) is 10.9 Å². The van der Waals surface area contributed by atoms with Crippen LogP contribution in [0.2, 0.25) is 0 Å². The molecule has 0 aliphatic rings. The molecule has 0 bridgehead atoms. The molecule has 30 heavy (non-hydrogen) atoms. The Balaban J connectivity index is 1.96. The second-order valence-corrected chi connectivity index (χ2v) is 10.0. The topological polar surface area (TPSA) is 93.2 Å². The number of aryl methyl sites for hydroxylation is 3. The molecular weight excluding hydrogens is 420 g/mol. The van der Waals surface area contributed by atoms with Gasteiger partial charge in [0.25, 0.3) is 10.0 Å². The van der Waals surface area contributed by atoms with E-state index in [9.17, 15) is 8.42 Å². The van der Waals surface area contributed by atoms with Crippen molar-refractivity contribution in [1.82, 2.24) is 9.97 Å². The fourth-order valence-corrected chi connectivity index (χ4v) is 5.46. The third-order valence-corrected chi connectivity index (χ3v) is 7.09.